The van der Waals surface area contributed by atoms with Gasteiger partial charge in [0.05, 0.1) is 6.04 Å². The molecule has 0 aromatic carbocycles. The number of carbonyl (C=O) groups excluding carboxylic acids is 3. The summed E-state index contributed by atoms with van der Waals surface area (Å²) in [6.07, 6.45) is 2.04. The molecular weight excluding hydrogens is 202 g/mol. The van der Waals surface area contributed by atoms with Crippen molar-refractivity contribution in [1.82, 2.24) is 5.32 Å². The van der Waals surface area contributed by atoms with Crippen LogP contribution in [-0.2, 0) is 19.2 Å². The first-order valence-electron chi connectivity index (χ1n) is 4.25. The summed E-state index contributed by atoms with van der Waals surface area (Å²) in [6, 6.07) is -0.938. The van der Waals surface area contributed by atoms with Crippen LogP contribution in [-0.4, -0.2) is 35.1 Å². The fourth-order valence-electron chi connectivity index (χ4n) is 1.25. The van der Waals surface area contributed by atoms with Crippen molar-refractivity contribution < 1.29 is 24.3 Å². The van der Waals surface area contributed by atoms with Crippen molar-refractivity contribution in [2.75, 3.05) is 0 Å². The third kappa shape index (κ3) is 2.73. The van der Waals surface area contributed by atoms with E-state index in [0.717, 1.165) is 12.2 Å². The third-order valence-electron chi connectivity index (χ3n) is 2.02. The lowest BCUT2D eigenvalue weighted by Gasteiger charge is -2.17. The normalized spacial score (nSPS) is 28.5. The highest BCUT2D eigenvalue weighted by Crippen LogP contribution is 2.11. The molecule has 1 aliphatic heterocycles. The van der Waals surface area contributed by atoms with Crippen molar-refractivity contribution in [3.63, 3.8) is 0 Å². The summed E-state index contributed by atoms with van der Waals surface area (Å²) in [5.41, 5.74) is 0. The molecule has 0 fully saturated rings. The van der Waals surface area contributed by atoms with Gasteiger partial charge in [0.2, 0.25) is 5.91 Å². The van der Waals surface area contributed by atoms with Gasteiger partial charge in [-0.1, -0.05) is 0 Å². The number of carboxylic acids is 1. The van der Waals surface area contributed by atoms with E-state index in [1.54, 1.807) is 0 Å². The van der Waals surface area contributed by atoms with Crippen molar-refractivity contribution >= 4 is 23.9 Å². The van der Waals surface area contributed by atoms with Crippen LogP contribution >= 0.6 is 0 Å². The van der Waals surface area contributed by atoms with Gasteiger partial charge in [0.25, 0.3) is 0 Å². The minimum atomic E-state index is -1.30. The van der Waals surface area contributed by atoms with E-state index >= 15 is 0 Å². The predicted octanol–water partition coefficient (Wildman–Crippen LogP) is -1.10. The maximum atomic E-state index is 11.3. The molecule has 0 aliphatic carbocycles. The Hall–Kier alpha value is -1.98. The van der Waals surface area contributed by atoms with Crippen LogP contribution in [0.5, 0.6) is 0 Å². The molecule has 1 amide bonds. The molecule has 0 bridgehead atoms. The van der Waals surface area contributed by atoms with Crippen LogP contribution in [0.15, 0.2) is 12.2 Å². The van der Waals surface area contributed by atoms with E-state index in [1.807, 2.05) is 0 Å². The van der Waals surface area contributed by atoms with Gasteiger partial charge >= 0.3 is 5.97 Å². The topological polar surface area (TPSA) is 101 Å². The second kappa shape index (κ2) is 4.50. The lowest BCUT2D eigenvalue weighted by atomic mass is 9.94. The van der Waals surface area contributed by atoms with E-state index in [0.29, 0.717) is 6.29 Å². The summed E-state index contributed by atoms with van der Waals surface area (Å²) in [5, 5.41) is 11.0. The van der Waals surface area contributed by atoms with Crippen molar-refractivity contribution in [1.29, 1.82) is 0 Å². The first kappa shape index (κ1) is 11.1. The lowest BCUT2D eigenvalue weighted by Crippen LogP contribution is -2.41. The molecule has 0 aromatic rings. The second-order valence-electron chi connectivity index (χ2n) is 3.11. The van der Waals surface area contributed by atoms with E-state index in [2.05, 4.69) is 5.32 Å². The van der Waals surface area contributed by atoms with Crippen LogP contribution in [0, 0.1) is 5.92 Å². The van der Waals surface area contributed by atoms with Gasteiger partial charge in [-0.15, -0.1) is 0 Å². The third-order valence-corrected chi connectivity index (χ3v) is 2.02. The summed E-state index contributed by atoms with van der Waals surface area (Å²) in [4.78, 5) is 43.4. The van der Waals surface area contributed by atoms with Crippen molar-refractivity contribution in [2.24, 2.45) is 5.92 Å². The Morgan fingerprint density at radius 3 is 2.67 bits per heavy atom. The maximum Gasteiger partial charge on any atom is 0.314 e. The Balaban J connectivity index is 2.95. The van der Waals surface area contributed by atoms with Gasteiger partial charge in [-0.25, -0.2) is 0 Å². The van der Waals surface area contributed by atoms with E-state index in [-0.39, 0.29) is 6.42 Å². The second-order valence-corrected chi connectivity index (χ2v) is 3.11. The molecule has 80 valence electrons. The molecule has 15 heavy (non-hydrogen) atoms. The number of nitrogens with one attached hydrogen (secondary N) is 1. The number of hydrogen-bond acceptors (Lipinski definition) is 4. The minimum absolute atomic E-state index is 0.215. The highest BCUT2D eigenvalue weighted by Gasteiger charge is 2.29. The van der Waals surface area contributed by atoms with Gasteiger partial charge in [0.15, 0.2) is 5.78 Å². The smallest absolute Gasteiger partial charge is 0.314 e. The van der Waals surface area contributed by atoms with E-state index in [4.69, 9.17) is 5.11 Å². The number of aliphatic carboxylic acids is 1. The Morgan fingerprint density at radius 1 is 1.47 bits per heavy atom. The molecule has 1 aliphatic rings. The zero-order valence-electron chi connectivity index (χ0n) is 7.67. The molecule has 6 nitrogen and oxygen atoms in total. The van der Waals surface area contributed by atoms with E-state index < -0.39 is 29.6 Å². The minimum Gasteiger partial charge on any atom is -0.481 e. The molecule has 0 spiro atoms. The summed E-state index contributed by atoms with van der Waals surface area (Å²) in [5.74, 6) is -3.84. The first-order valence-corrected chi connectivity index (χ1v) is 4.25. The van der Waals surface area contributed by atoms with E-state index in [9.17, 15) is 19.2 Å². The zero-order chi connectivity index (χ0) is 11.4. The van der Waals surface area contributed by atoms with Gasteiger partial charge in [0, 0.05) is 6.08 Å². The summed E-state index contributed by atoms with van der Waals surface area (Å²) in [7, 11) is 0. The summed E-state index contributed by atoms with van der Waals surface area (Å²) in [6.45, 7) is 0. The lowest BCUT2D eigenvalue weighted by molar-refractivity contribution is -0.146. The summed E-state index contributed by atoms with van der Waals surface area (Å²) >= 11 is 0. The molecule has 6 heteroatoms. The molecule has 0 saturated heterocycles. The molecule has 2 N–H and O–H groups in total. The number of hydrogen-bond donors (Lipinski definition) is 2. The predicted molar refractivity (Wildman–Crippen MR) is 47.9 cm³/mol. The van der Waals surface area contributed by atoms with Crippen LogP contribution in [0.4, 0.5) is 0 Å². The molecule has 0 radical (unpaired) electrons. The molecule has 1 rings (SSSR count). The quantitative estimate of drug-likeness (QED) is 0.446. The highest BCUT2D eigenvalue weighted by molar-refractivity contribution is 6.08. The number of ketones is 1. The van der Waals surface area contributed by atoms with Crippen molar-refractivity contribution in [3.05, 3.63) is 12.2 Å². The number of rotatable bonds is 2. The number of carbonyl (C=O) groups is 4. The zero-order valence-corrected chi connectivity index (χ0v) is 7.67. The Morgan fingerprint density at radius 2 is 2.13 bits per heavy atom. The highest BCUT2D eigenvalue weighted by atomic mass is 16.4. The molecule has 2 atom stereocenters. The number of allylic oxidation sites excluding steroid dienone is 1. The van der Waals surface area contributed by atoms with Crippen LogP contribution < -0.4 is 5.32 Å². The Kier molecular flexibility index (Phi) is 3.33. The largest absolute Gasteiger partial charge is 0.481 e. The van der Waals surface area contributed by atoms with Crippen molar-refractivity contribution in [2.45, 2.75) is 12.5 Å². The van der Waals surface area contributed by atoms with Gasteiger partial charge in [0.1, 0.15) is 12.2 Å². The van der Waals surface area contributed by atoms with Crippen LogP contribution in [0.3, 0.4) is 0 Å². The van der Waals surface area contributed by atoms with Crippen LogP contribution in [0.1, 0.15) is 6.42 Å². The molecule has 0 aromatic heterocycles. The van der Waals surface area contributed by atoms with Crippen LogP contribution in [0.2, 0.25) is 0 Å². The van der Waals surface area contributed by atoms with Crippen LogP contribution in [0.25, 0.3) is 0 Å². The average molecular weight is 211 g/mol. The SMILES string of the molecule is O=C[C@@H]1CC(C(=O)O)C(=O)/C=C\C(=O)N1. The summed E-state index contributed by atoms with van der Waals surface area (Å²) < 4.78 is 0. The van der Waals surface area contributed by atoms with Gasteiger partial charge in [-0.05, 0) is 12.5 Å². The van der Waals surface area contributed by atoms with Gasteiger partial charge in [-0.3, -0.25) is 14.4 Å². The van der Waals surface area contributed by atoms with Gasteiger partial charge < -0.3 is 15.2 Å². The fourth-order valence-corrected chi connectivity index (χ4v) is 1.25. The average Bonchev–Trinajstić information content (AvgIpc) is 2.17. The standard InChI is InChI=1S/C9H9NO5/c11-4-5-3-6(9(14)15)7(12)1-2-8(13)10-5/h1-2,4-6H,3H2,(H,10,13)(H,14,15)/b2-1-/t5-,6?/m0/s1. The van der Waals surface area contributed by atoms with Crippen molar-refractivity contribution in [3.8, 4) is 0 Å². The Labute approximate surface area is 85.0 Å². The molecule has 1 unspecified atom stereocenters. The van der Waals surface area contributed by atoms with E-state index in [1.165, 1.54) is 0 Å². The fraction of sp³-hybridized carbons (Fsp3) is 0.333. The first-order chi connectivity index (χ1) is 7.04. The number of amides is 1. The Bertz CT molecular complexity index is 346. The molecular formula is C9H9NO5. The number of aldehydes is 1. The maximum absolute atomic E-state index is 11.3. The monoisotopic (exact) mass is 211 g/mol. The number of carboxylic acid groups (broad SMARTS) is 1. The van der Waals surface area contributed by atoms with Gasteiger partial charge in [-0.2, -0.15) is 0 Å². The molecule has 0 saturated carbocycles. The molecule has 1 heterocycles.